The van der Waals surface area contributed by atoms with Gasteiger partial charge in [-0.3, -0.25) is 9.52 Å². The maximum Gasteiger partial charge on any atom is 0.262 e. The van der Waals surface area contributed by atoms with Crippen LogP contribution >= 0.6 is 11.6 Å². The third-order valence-corrected chi connectivity index (χ3v) is 6.08. The number of sulfonamides is 1. The average molecular weight is 454 g/mol. The molecule has 9 heteroatoms. The molecule has 1 amide bonds. The second-order valence-corrected chi connectivity index (χ2v) is 8.60. The van der Waals surface area contributed by atoms with Crippen molar-refractivity contribution in [3.63, 3.8) is 0 Å². The number of halogens is 1. The molecule has 0 radical (unpaired) electrons. The topological polar surface area (TPSA) is 101 Å². The summed E-state index contributed by atoms with van der Waals surface area (Å²) in [7, 11) is -3.89. The Bertz CT molecular complexity index is 1320. The van der Waals surface area contributed by atoms with Crippen LogP contribution in [0.1, 0.15) is 10.4 Å². The Morgan fingerprint density at radius 1 is 0.968 bits per heavy atom. The van der Waals surface area contributed by atoms with Gasteiger partial charge in [-0.05, 0) is 42.5 Å². The van der Waals surface area contributed by atoms with E-state index in [9.17, 15) is 13.2 Å². The van der Waals surface area contributed by atoms with E-state index < -0.39 is 10.0 Å². The molecule has 0 saturated heterocycles. The molecule has 0 aliphatic carbocycles. The van der Waals surface area contributed by atoms with Crippen LogP contribution in [0.25, 0.3) is 11.3 Å². The second-order valence-electron chi connectivity index (χ2n) is 6.51. The molecule has 0 spiro atoms. The summed E-state index contributed by atoms with van der Waals surface area (Å²) >= 11 is 6.04. The molecule has 0 bridgehead atoms. The molecular formula is C22H16ClN3O4S. The summed E-state index contributed by atoms with van der Waals surface area (Å²) in [5, 5.41) is 2.99. The summed E-state index contributed by atoms with van der Waals surface area (Å²) in [6.07, 6.45) is 2.91. The van der Waals surface area contributed by atoms with Crippen LogP contribution in [-0.2, 0) is 10.0 Å². The number of oxazole rings is 1. The van der Waals surface area contributed by atoms with Gasteiger partial charge in [-0.15, -0.1) is 0 Å². The van der Waals surface area contributed by atoms with E-state index in [1.165, 1.54) is 18.5 Å². The summed E-state index contributed by atoms with van der Waals surface area (Å²) in [6, 6.07) is 19.3. The van der Waals surface area contributed by atoms with Crippen molar-refractivity contribution >= 4 is 38.9 Å². The van der Waals surface area contributed by atoms with Gasteiger partial charge < -0.3 is 9.73 Å². The Kier molecular flexibility index (Phi) is 5.75. The lowest BCUT2D eigenvalue weighted by Gasteiger charge is -2.11. The van der Waals surface area contributed by atoms with Crippen molar-refractivity contribution in [3.05, 3.63) is 96.0 Å². The number of carbonyl (C=O) groups is 1. The molecule has 1 heterocycles. The molecule has 4 rings (SSSR count). The predicted molar refractivity (Wildman–Crippen MR) is 119 cm³/mol. The molecule has 3 aromatic carbocycles. The quantitative estimate of drug-likeness (QED) is 0.425. The first-order valence-electron chi connectivity index (χ1n) is 9.10. The number of nitrogens with one attached hydrogen (secondary N) is 2. The molecule has 0 atom stereocenters. The van der Waals surface area contributed by atoms with Crippen molar-refractivity contribution in [2.45, 2.75) is 4.90 Å². The van der Waals surface area contributed by atoms with Gasteiger partial charge in [0.1, 0.15) is 0 Å². The van der Waals surface area contributed by atoms with Crippen molar-refractivity contribution in [2.24, 2.45) is 0 Å². The Morgan fingerprint density at radius 3 is 2.45 bits per heavy atom. The monoisotopic (exact) mass is 453 g/mol. The molecule has 1 aromatic heterocycles. The lowest BCUT2D eigenvalue weighted by atomic mass is 10.1. The molecule has 0 fully saturated rings. The van der Waals surface area contributed by atoms with Crippen molar-refractivity contribution in [1.29, 1.82) is 0 Å². The van der Waals surface area contributed by atoms with Gasteiger partial charge >= 0.3 is 0 Å². The fraction of sp³-hybridized carbons (Fsp3) is 0. The Labute approximate surface area is 183 Å². The van der Waals surface area contributed by atoms with E-state index in [1.54, 1.807) is 66.9 Å². The van der Waals surface area contributed by atoms with Gasteiger partial charge in [-0.25, -0.2) is 13.4 Å². The van der Waals surface area contributed by atoms with Crippen molar-refractivity contribution in [3.8, 4) is 11.3 Å². The van der Waals surface area contributed by atoms with Crippen LogP contribution in [0, 0.1) is 0 Å². The number of benzene rings is 3. The van der Waals surface area contributed by atoms with E-state index in [0.29, 0.717) is 17.0 Å². The first kappa shape index (κ1) is 20.6. The van der Waals surface area contributed by atoms with Gasteiger partial charge in [0.05, 0.1) is 21.8 Å². The highest BCUT2D eigenvalue weighted by atomic mass is 35.5. The van der Waals surface area contributed by atoms with Crippen LogP contribution in [0.5, 0.6) is 0 Å². The Balaban J connectivity index is 1.50. The molecule has 7 nitrogen and oxygen atoms in total. The summed E-state index contributed by atoms with van der Waals surface area (Å²) in [5.74, 6) is 0.216. The maximum absolute atomic E-state index is 12.7. The van der Waals surface area contributed by atoms with E-state index in [0.717, 1.165) is 5.56 Å². The van der Waals surface area contributed by atoms with E-state index in [2.05, 4.69) is 15.0 Å². The number of carbonyl (C=O) groups excluding carboxylic acids is 1. The molecule has 0 aliphatic rings. The molecule has 0 saturated carbocycles. The minimum atomic E-state index is -3.89. The number of amides is 1. The largest absolute Gasteiger partial charge is 0.444 e. The predicted octanol–water partition coefficient (Wildman–Crippen LogP) is 5.05. The third-order valence-electron chi connectivity index (χ3n) is 4.38. The smallest absolute Gasteiger partial charge is 0.262 e. The fourth-order valence-corrected chi connectivity index (χ4v) is 4.20. The normalized spacial score (nSPS) is 11.1. The first-order valence-corrected chi connectivity index (χ1v) is 11.0. The highest BCUT2D eigenvalue weighted by molar-refractivity contribution is 7.92. The van der Waals surface area contributed by atoms with Crippen LogP contribution in [0.4, 0.5) is 11.4 Å². The minimum absolute atomic E-state index is 0.00844. The highest BCUT2D eigenvalue weighted by Gasteiger charge is 2.17. The van der Waals surface area contributed by atoms with Crippen molar-refractivity contribution in [2.75, 3.05) is 10.0 Å². The van der Waals surface area contributed by atoms with Crippen LogP contribution in [0.3, 0.4) is 0 Å². The van der Waals surface area contributed by atoms with E-state index in [1.807, 2.05) is 0 Å². The molecule has 156 valence electrons. The van der Waals surface area contributed by atoms with Crippen LogP contribution in [0.15, 0.2) is 94.7 Å². The lowest BCUT2D eigenvalue weighted by molar-refractivity contribution is 0.102. The van der Waals surface area contributed by atoms with Crippen LogP contribution < -0.4 is 10.0 Å². The van der Waals surface area contributed by atoms with Gasteiger partial charge in [-0.2, -0.15) is 0 Å². The maximum atomic E-state index is 12.7. The number of para-hydroxylation sites is 1. The average Bonchev–Trinajstić information content (AvgIpc) is 3.31. The molecule has 31 heavy (non-hydrogen) atoms. The SMILES string of the molecule is O=C(Nc1cccc(S(=O)(=O)Nc2ccccc2Cl)c1)c1ccc(-c2cnco2)cc1. The zero-order valence-corrected chi connectivity index (χ0v) is 17.5. The van der Waals surface area contributed by atoms with Crippen molar-refractivity contribution in [1.82, 2.24) is 4.98 Å². The lowest BCUT2D eigenvalue weighted by Crippen LogP contribution is -2.15. The standard InChI is InChI=1S/C22H16ClN3O4S/c23-19-6-1-2-7-20(19)26-31(28,29)18-5-3-4-17(12-18)25-22(27)16-10-8-15(9-11-16)21-13-24-14-30-21/h1-14,26H,(H,25,27). The van der Waals surface area contributed by atoms with E-state index >= 15 is 0 Å². The number of nitrogens with zero attached hydrogens (tertiary/aromatic N) is 1. The molecule has 2 N–H and O–H groups in total. The van der Waals surface area contributed by atoms with Gasteiger partial charge in [0.2, 0.25) is 0 Å². The van der Waals surface area contributed by atoms with Gasteiger partial charge in [-0.1, -0.05) is 41.9 Å². The van der Waals surface area contributed by atoms with Gasteiger partial charge in [0.25, 0.3) is 15.9 Å². The Morgan fingerprint density at radius 2 is 1.74 bits per heavy atom. The van der Waals surface area contributed by atoms with Crippen LogP contribution in [0.2, 0.25) is 5.02 Å². The molecule has 0 unspecified atom stereocenters. The highest BCUT2D eigenvalue weighted by Crippen LogP contribution is 2.25. The number of rotatable bonds is 6. The Hall–Kier alpha value is -3.62. The fourth-order valence-electron chi connectivity index (χ4n) is 2.84. The van der Waals surface area contributed by atoms with E-state index in [4.69, 9.17) is 16.0 Å². The van der Waals surface area contributed by atoms with E-state index in [-0.39, 0.29) is 21.5 Å². The molecule has 0 aliphatic heterocycles. The zero-order valence-electron chi connectivity index (χ0n) is 15.9. The number of aromatic nitrogens is 1. The number of hydrogen-bond donors (Lipinski definition) is 2. The first-order chi connectivity index (χ1) is 14.9. The number of hydrogen-bond acceptors (Lipinski definition) is 5. The second kappa shape index (κ2) is 8.63. The summed E-state index contributed by atoms with van der Waals surface area (Å²) < 4.78 is 33.1. The number of anilines is 2. The molecular weight excluding hydrogens is 438 g/mol. The minimum Gasteiger partial charge on any atom is -0.444 e. The summed E-state index contributed by atoms with van der Waals surface area (Å²) in [4.78, 5) is 16.4. The summed E-state index contributed by atoms with van der Waals surface area (Å²) in [6.45, 7) is 0. The summed E-state index contributed by atoms with van der Waals surface area (Å²) in [5.41, 5.74) is 1.80. The third kappa shape index (κ3) is 4.76. The molecule has 4 aromatic rings. The van der Waals surface area contributed by atoms with Crippen molar-refractivity contribution < 1.29 is 17.6 Å². The van der Waals surface area contributed by atoms with Gasteiger partial charge in [0, 0.05) is 16.8 Å². The zero-order chi connectivity index (χ0) is 21.8. The van der Waals surface area contributed by atoms with Gasteiger partial charge in [0.15, 0.2) is 12.2 Å². The van der Waals surface area contributed by atoms with Crippen LogP contribution in [-0.4, -0.2) is 19.3 Å².